The molecule has 0 aliphatic carbocycles. The zero-order chi connectivity index (χ0) is 22.3. The van der Waals surface area contributed by atoms with Gasteiger partial charge in [0.1, 0.15) is 5.75 Å². The van der Waals surface area contributed by atoms with Crippen LogP contribution in [0.15, 0.2) is 36.4 Å². The highest BCUT2D eigenvalue weighted by Gasteiger charge is 2.17. The summed E-state index contributed by atoms with van der Waals surface area (Å²) in [6.45, 7) is 0.457. The topological polar surface area (TPSA) is 85.9 Å². The van der Waals surface area contributed by atoms with Gasteiger partial charge in [-0.1, -0.05) is 17.7 Å². The molecule has 0 radical (unpaired) electrons. The van der Waals surface area contributed by atoms with Crippen LogP contribution in [0.1, 0.15) is 34.5 Å². The zero-order valence-electron chi connectivity index (χ0n) is 17.1. The molecule has 0 spiro atoms. The first kappa shape index (κ1) is 22.9. The number of benzene rings is 2. The molecule has 2 aromatic carbocycles. The minimum Gasteiger partial charge on any atom is -0.496 e. The smallest absolute Gasteiger partial charge is 0.387 e. The van der Waals surface area contributed by atoms with E-state index in [0.29, 0.717) is 5.75 Å². The van der Waals surface area contributed by atoms with Crippen molar-refractivity contribution in [3.05, 3.63) is 53.1 Å². The van der Waals surface area contributed by atoms with Crippen LogP contribution in [0.5, 0.6) is 17.2 Å². The highest BCUT2D eigenvalue weighted by molar-refractivity contribution is 5.97. The number of ether oxygens (including phenoxy) is 3. The van der Waals surface area contributed by atoms with Crippen LogP contribution in [-0.2, 0) is 4.79 Å². The van der Waals surface area contributed by atoms with E-state index in [2.05, 4.69) is 15.4 Å². The number of rotatable bonds is 9. The molecule has 0 fully saturated rings. The van der Waals surface area contributed by atoms with Crippen molar-refractivity contribution in [3.8, 4) is 17.2 Å². The van der Waals surface area contributed by atoms with Gasteiger partial charge in [0.2, 0.25) is 5.91 Å². The lowest BCUT2D eigenvalue weighted by atomic mass is 10.0. The third-order valence-electron chi connectivity index (χ3n) is 4.28. The fourth-order valence-electron chi connectivity index (χ4n) is 2.83. The van der Waals surface area contributed by atoms with Crippen molar-refractivity contribution >= 4 is 11.8 Å². The lowest BCUT2D eigenvalue weighted by Crippen LogP contribution is -2.38. The van der Waals surface area contributed by atoms with Gasteiger partial charge in [-0.2, -0.15) is 8.78 Å². The summed E-state index contributed by atoms with van der Waals surface area (Å²) in [4.78, 5) is 24.5. The maximum atomic E-state index is 12.4. The predicted molar refractivity (Wildman–Crippen MR) is 106 cm³/mol. The molecule has 1 atom stereocenters. The minimum absolute atomic E-state index is 0.0208. The summed E-state index contributed by atoms with van der Waals surface area (Å²) < 4.78 is 39.4. The average Bonchev–Trinajstić information content (AvgIpc) is 2.71. The second kappa shape index (κ2) is 10.4. The lowest BCUT2D eigenvalue weighted by Gasteiger charge is -2.18. The van der Waals surface area contributed by atoms with Gasteiger partial charge in [0.05, 0.1) is 26.8 Å². The summed E-state index contributed by atoms with van der Waals surface area (Å²) in [6, 6.07) is 9.06. The van der Waals surface area contributed by atoms with E-state index in [1.165, 1.54) is 25.3 Å². The number of methoxy groups -OCH3 is 2. The minimum atomic E-state index is -3.02. The second-order valence-corrected chi connectivity index (χ2v) is 6.46. The van der Waals surface area contributed by atoms with Gasteiger partial charge < -0.3 is 24.8 Å². The van der Waals surface area contributed by atoms with Gasteiger partial charge in [-0.25, -0.2) is 0 Å². The molecule has 2 N–H and O–H groups in total. The number of hydrogen-bond acceptors (Lipinski definition) is 5. The van der Waals surface area contributed by atoms with E-state index in [1.807, 2.05) is 32.0 Å². The Labute approximate surface area is 173 Å². The molecule has 2 aromatic rings. The largest absolute Gasteiger partial charge is 0.496 e. The molecule has 0 aromatic heterocycles. The molecule has 0 heterocycles. The number of nitrogens with one attached hydrogen (secondary N) is 2. The molecule has 9 heteroatoms. The molecule has 0 aliphatic heterocycles. The van der Waals surface area contributed by atoms with E-state index in [4.69, 9.17) is 9.47 Å². The molecular weight excluding hydrogens is 398 g/mol. The maximum absolute atomic E-state index is 12.4. The van der Waals surface area contributed by atoms with Gasteiger partial charge >= 0.3 is 6.61 Å². The van der Waals surface area contributed by atoms with E-state index >= 15 is 0 Å². The van der Waals surface area contributed by atoms with Gasteiger partial charge in [-0.3, -0.25) is 9.59 Å². The van der Waals surface area contributed by atoms with Crippen LogP contribution in [0.2, 0.25) is 0 Å². The van der Waals surface area contributed by atoms with Gasteiger partial charge in [0.15, 0.2) is 11.5 Å². The Bertz CT molecular complexity index is 905. The van der Waals surface area contributed by atoms with Crippen LogP contribution in [-0.4, -0.2) is 39.2 Å². The van der Waals surface area contributed by atoms with E-state index in [-0.39, 0.29) is 29.6 Å². The quantitative estimate of drug-likeness (QED) is 0.648. The first-order valence-electron chi connectivity index (χ1n) is 9.10. The van der Waals surface area contributed by atoms with Crippen LogP contribution in [0, 0.1) is 6.92 Å². The fraction of sp³-hybridized carbons (Fsp3) is 0.333. The zero-order valence-corrected chi connectivity index (χ0v) is 17.1. The number of alkyl halides is 2. The van der Waals surface area contributed by atoms with Crippen molar-refractivity contribution in [2.45, 2.75) is 26.5 Å². The summed E-state index contributed by atoms with van der Waals surface area (Å²) in [5.74, 6) is -0.525. The number of halogens is 2. The Morgan fingerprint density at radius 3 is 2.30 bits per heavy atom. The Balaban J connectivity index is 1.97. The molecule has 2 amide bonds. The van der Waals surface area contributed by atoms with Gasteiger partial charge in [-0.05, 0) is 38.1 Å². The van der Waals surface area contributed by atoms with Crippen molar-refractivity contribution in [2.75, 3.05) is 20.8 Å². The van der Waals surface area contributed by atoms with Crippen molar-refractivity contribution in [1.29, 1.82) is 0 Å². The fourth-order valence-corrected chi connectivity index (χ4v) is 2.83. The summed E-state index contributed by atoms with van der Waals surface area (Å²) >= 11 is 0. The molecule has 0 aliphatic rings. The number of carbonyl (C=O) groups excluding carboxylic acids is 2. The Hall–Kier alpha value is -3.36. The Morgan fingerprint density at radius 2 is 1.67 bits per heavy atom. The molecule has 7 nitrogen and oxygen atoms in total. The Kier molecular flexibility index (Phi) is 7.97. The summed E-state index contributed by atoms with van der Waals surface area (Å²) in [5, 5.41) is 5.28. The summed E-state index contributed by atoms with van der Waals surface area (Å²) in [5.41, 5.74) is 1.97. The summed E-state index contributed by atoms with van der Waals surface area (Å²) in [6.07, 6.45) is 0. The average molecular weight is 422 g/mol. The molecule has 0 bridgehead atoms. The SMILES string of the molecule is COc1cc(C(=O)NCC(=O)N[C@@H](C)c2cc(C)ccc2OC)ccc1OC(F)F. The number of amides is 2. The monoisotopic (exact) mass is 422 g/mol. The third kappa shape index (κ3) is 6.07. The van der Waals surface area contributed by atoms with Crippen LogP contribution >= 0.6 is 0 Å². The Morgan fingerprint density at radius 1 is 1.00 bits per heavy atom. The first-order valence-corrected chi connectivity index (χ1v) is 9.10. The third-order valence-corrected chi connectivity index (χ3v) is 4.28. The molecule has 162 valence electrons. The van der Waals surface area contributed by atoms with Gasteiger partial charge in [-0.15, -0.1) is 0 Å². The normalized spacial score (nSPS) is 11.6. The van der Waals surface area contributed by atoms with Crippen LogP contribution in [0.4, 0.5) is 8.78 Å². The van der Waals surface area contributed by atoms with Crippen molar-refractivity contribution in [2.24, 2.45) is 0 Å². The lowest BCUT2D eigenvalue weighted by molar-refractivity contribution is -0.120. The molecule has 0 unspecified atom stereocenters. The first-order chi connectivity index (χ1) is 14.2. The van der Waals surface area contributed by atoms with Gasteiger partial charge in [0, 0.05) is 11.1 Å². The predicted octanol–water partition coefficient (Wildman–Crippen LogP) is 3.22. The summed E-state index contributed by atoms with van der Waals surface area (Å²) in [7, 11) is 2.82. The molecule has 2 rings (SSSR count). The van der Waals surface area contributed by atoms with E-state index < -0.39 is 18.4 Å². The van der Waals surface area contributed by atoms with E-state index in [1.54, 1.807) is 7.11 Å². The van der Waals surface area contributed by atoms with E-state index in [0.717, 1.165) is 11.1 Å². The van der Waals surface area contributed by atoms with Crippen molar-refractivity contribution in [3.63, 3.8) is 0 Å². The van der Waals surface area contributed by atoms with E-state index in [9.17, 15) is 18.4 Å². The number of aryl methyl sites for hydroxylation is 1. The highest BCUT2D eigenvalue weighted by Crippen LogP contribution is 2.29. The number of carbonyl (C=O) groups is 2. The highest BCUT2D eigenvalue weighted by atomic mass is 19.3. The standard InChI is InChI=1S/C21H24F2N2O5/c1-12-5-7-16(28-3)15(9-12)13(2)25-19(26)11-24-20(27)14-6-8-17(30-21(22)23)18(10-14)29-4/h5-10,13,21H,11H2,1-4H3,(H,24,27)(H,25,26)/t13-/m0/s1. The van der Waals surface area contributed by atoms with Crippen molar-refractivity contribution < 1.29 is 32.6 Å². The molecule has 0 saturated heterocycles. The molecule has 0 saturated carbocycles. The molecular formula is C21H24F2N2O5. The van der Waals surface area contributed by atoms with Crippen LogP contribution in [0.25, 0.3) is 0 Å². The maximum Gasteiger partial charge on any atom is 0.387 e. The second-order valence-electron chi connectivity index (χ2n) is 6.46. The van der Waals surface area contributed by atoms with Crippen LogP contribution < -0.4 is 24.8 Å². The van der Waals surface area contributed by atoms with Crippen LogP contribution in [0.3, 0.4) is 0 Å². The molecule has 30 heavy (non-hydrogen) atoms. The van der Waals surface area contributed by atoms with Gasteiger partial charge in [0.25, 0.3) is 5.91 Å². The van der Waals surface area contributed by atoms with Crippen molar-refractivity contribution in [1.82, 2.24) is 10.6 Å². The number of hydrogen-bond donors (Lipinski definition) is 2.